The second-order valence-electron chi connectivity index (χ2n) is 7.06. The minimum Gasteiger partial charge on any atom is -0.478 e. The number of ether oxygens (including phenoxy) is 1. The van der Waals surface area contributed by atoms with Crippen molar-refractivity contribution < 1.29 is 14.6 Å². The van der Waals surface area contributed by atoms with Crippen LogP contribution in [0, 0.1) is 0 Å². The molecular weight excluding hydrogens is 376 g/mol. The molecule has 0 amide bonds. The first-order valence-electron chi connectivity index (χ1n) is 9.67. The van der Waals surface area contributed by atoms with Crippen LogP contribution < -0.4 is 0 Å². The highest BCUT2D eigenvalue weighted by Gasteiger charge is 2.18. The maximum Gasteiger partial charge on any atom is 0.328 e. The molecule has 1 atom stereocenters. The van der Waals surface area contributed by atoms with E-state index in [9.17, 15) is 4.79 Å². The predicted octanol–water partition coefficient (Wildman–Crippen LogP) is 4.92. The number of methoxy groups -OCH3 is 1. The Morgan fingerprint density at radius 2 is 1.93 bits per heavy atom. The first kappa shape index (κ1) is 19.6. The number of carboxylic acid groups (broad SMARTS) is 1. The van der Waals surface area contributed by atoms with Gasteiger partial charge in [-0.25, -0.2) is 4.79 Å². The van der Waals surface area contributed by atoms with Gasteiger partial charge in [0.25, 0.3) is 0 Å². The molecule has 1 aromatic heterocycles. The SMILES string of the molecule is COC(c1ccc2ccccc2c1)c1cc(Cn2cccn2)ccc1/C=C/C(=O)O. The molecule has 0 radical (unpaired) electrons. The van der Waals surface area contributed by atoms with Crippen molar-refractivity contribution in [2.75, 3.05) is 7.11 Å². The number of nitrogens with zero attached hydrogens (tertiary/aromatic N) is 2. The topological polar surface area (TPSA) is 64.4 Å². The highest BCUT2D eigenvalue weighted by molar-refractivity contribution is 5.86. The summed E-state index contributed by atoms with van der Waals surface area (Å²) in [6.07, 6.45) is 6.09. The number of aromatic nitrogens is 2. The van der Waals surface area contributed by atoms with Gasteiger partial charge in [0.15, 0.2) is 0 Å². The average molecular weight is 398 g/mol. The fraction of sp³-hybridized carbons (Fsp3) is 0.120. The highest BCUT2D eigenvalue weighted by Crippen LogP contribution is 2.32. The highest BCUT2D eigenvalue weighted by atomic mass is 16.5. The number of aliphatic carboxylic acids is 1. The number of fused-ring (bicyclic) bond motifs is 1. The van der Waals surface area contributed by atoms with E-state index in [1.807, 2.05) is 41.2 Å². The lowest BCUT2D eigenvalue weighted by Gasteiger charge is -2.20. The normalized spacial score (nSPS) is 12.4. The van der Waals surface area contributed by atoms with Gasteiger partial charge in [0.1, 0.15) is 6.10 Å². The van der Waals surface area contributed by atoms with Crippen LogP contribution in [0.25, 0.3) is 16.8 Å². The molecule has 3 aromatic carbocycles. The number of benzene rings is 3. The molecule has 1 N–H and O–H groups in total. The van der Waals surface area contributed by atoms with Gasteiger partial charge in [0, 0.05) is 25.6 Å². The summed E-state index contributed by atoms with van der Waals surface area (Å²) in [4.78, 5) is 11.1. The van der Waals surface area contributed by atoms with Crippen LogP contribution in [-0.2, 0) is 16.1 Å². The van der Waals surface area contributed by atoms with Crippen LogP contribution in [0.5, 0.6) is 0 Å². The number of hydrogen-bond acceptors (Lipinski definition) is 3. The van der Waals surface area contributed by atoms with Gasteiger partial charge in [-0.05, 0) is 51.2 Å². The van der Waals surface area contributed by atoms with Crippen molar-refractivity contribution in [1.29, 1.82) is 0 Å². The molecule has 0 fully saturated rings. The molecule has 0 saturated heterocycles. The molecule has 150 valence electrons. The third kappa shape index (κ3) is 4.31. The molecule has 30 heavy (non-hydrogen) atoms. The van der Waals surface area contributed by atoms with E-state index < -0.39 is 5.97 Å². The van der Waals surface area contributed by atoms with Crippen LogP contribution in [0.4, 0.5) is 0 Å². The third-order valence-corrected chi connectivity index (χ3v) is 5.05. The second-order valence-corrected chi connectivity index (χ2v) is 7.06. The van der Waals surface area contributed by atoms with E-state index in [0.29, 0.717) is 6.54 Å². The molecule has 0 spiro atoms. The fourth-order valence-corrected chi connectivity index (χ4v) is 3.66. The fourth-order valence-electron chi connectivity index (χ4n) is 3.66. The first-order chi connectivity index (χ1) is 14.6. The molecule has 0 aliphatic heterocycles. The Morgan fingerprint density at radius 1 is 1.10 bits per heavy atom. The predicted molar refractivity (Wildman–Crippen MR) is 117 cm³/mol. The van der Waals surface area contributed by atoms with Crippen LogP contribution in [0.3, 0.4) is 0 Å². The first-order valence-corrected chi connectivity index (χ1v) is 9.67. The van der Waals surface area contributed by atoms with E-state index in [1.165, 1.54) is 0 Å². The van der Waals surface area contributed by atoms with Crippen molar-refractivity contribution >= 4 is 22.8 Å². The smallest absolute Gasteiger partial charge is 0.328 e. The van der Waals surface area contributed by atoms with Gasteiger partial charge in [-0.1, -0.05) is 54.6 Å². The van der Waals surface area contributed by atoms with Gasteiger partial charge >= 0.3 is 5.97 Å². The summed E-state index contributed by atoms with van der Waals surface area (Å²) in [5.74, 6) is -0.985. The van der Waals surface area contributed by atoms with Crippen molar-refractivity contribution in [2.24, 2.45) is 0 Å². The lowest BCUT2D eigenvalue weighted by atomic mass is 9.93. The number of hydrogen-bond donors (Lipinski definition) is 1. The van der Waals surface area contributed by atoms with Crippen molar-refractivity contribution in [2.45, 2.75) is 12.6 Å². The zero-order valence-electron chi connectivity index (χ0n) is 16.6. The van der Waals surface area contributed by atoms with Crippen LogP contribution >= 0.6 is 0 Å². The molecule has 4 aromatic rings. The van der Waals surface area contributed by atoms with Crippen molar-refractivity contribution in [3.63, 3.8) is 0 Å². The van der Waals surface area contributed by atoms with Crippen LogP contribution in [0.2, 0.25) is 0 Å². The largest absolute Gasteiger partial charge is 0.478 e. The molecule has 0 aliphatic carbocycles. The Morgan fingerprint density at radius 3 is 2.67 bits per heavy atom. The van der Waals surface area contributed by atoms with Crippen LogP contribution in [0.15, 0.2) is 85.2 Å². The summed E-state index contributed by atoms with van der Waals surface area (Å²) in [6, 6.07) is 22.3. The minimum absolute atomic E-state index is 0.333. The standard InChI is InChI=1S/C25H22N2O3/c1-30-25(22-10-9-19-5-2-3-6-21(19)16-22)23-15-18(17-27-14-4-13-26-27)7-8-20(23)11-12-24(28)29/h2-16,25H,17H2,1H3,(H,28,29)/b12-11+. The maximum atomic E-state index is 11.1. The Labute approximate surface area is 174 Å². The lowest BCUT2D eigenvalue weighted by Crippen LogP contribution is -2.08. The van der Waals surface area contributed by atoms with E-state index in [0.717, 1.165) is 39.1 Å². The zero-order valence-corrected chi connectivity index (χ0v) is 16.6. The quantitative estimate of drug-likeness (QED) is 0.449. The third-order valence-electron chi connectivity index (χ3n) is 5.05. The van der Waals surface area contributed by atoms with Gasteiger partial charge in [0.05, 0.1) is 6.54 Å². The van der Waals surface area contributed by atoms with E-state index in [-0.39, 0.29) is 6.10 Å². The molecule has 4 rings (SSSR count). The Hall–Kier alpha value is -3.70. The summed E-state index contributed by atoms with van der Waals surface area (Å²) < 4.78 is 7.76. The molecular formula is C25H22N2O3. The molecule has 1 unspecified atom stereocenters. The molecule has 5 nitrogen and oxygen atoms in total. The van der Waals surface area contributed by atoms with E-state index in [1.54, 1.807) is 19.4 Å². The summed E-state index contributed by atoms with van der Waals surface area (Å²) in [6.45, 7) is 0.622. The van der Waals surface area contributed by atoms with E-state index in [2.05, 4.69) is 41.5 Å². The number of carboxylic acids is 1. The summed E-state index contributed by atoms with van der Waals surface area (Å²) in [5.41, 5.74) is 3.79. The molecule has 5 heteroatoms. The van der Waals surface area contributed by atoms with Gasteiger partial charge in [-0.15, -0.1) is 0 Å². The maximum absolute atomic E-state index is 11.1. The van der Waals surface area contributed by atoms with E-state index in [4.69, 9.17) is 9.84 Å². The summed E-state index contributed by atoms with van der Waals surface area (Å²) in [5, 5.41) is 15.7. The molecule has 0 saturated carbocycles. The van der Waals surface area contributed by atoms with Crippen molar-refractivity contribution in [3.8, 4) is 0 Å². The van der Waals surface area contributed by atoms with Crippen molar-refractivity contribution in [1.82, 2.24) is 9.78 Å². The van der Waals surface area contributed by atoms with Gasteiger partial charge in [0.2, 0.25) is 0 Å². The van der Waals surface area contributed by atoms with Gasteiger partial charge < -0.3 is 9.84 Å². The molecule has 0 aliphatic rings. The Bertz CT molecular complexity index is 1200. The van der Waals surface area contributed by atoms with Gasteiger partial charge in [-0.3, -0.25) is 4.68 Å². The zero-order chi connectivity index (χ0) is 20.9. The number of rotatable bonds is 7. The second kappa shape index (κ2) is 8.76. The Kier molecular flexibility index (Phi) is 5.72. The molecule has 1 heterocycles. The van der Waals surface area contributed by atoms with Crippen LogP contribution in [-0.4, -0.2) is 28.0 Å². The van der Waals surface area contributed by atoms with Crippen LogP contribution in [0.1, 0.15) is 28.4 Å². The van der Waals surface area contributed by atoms with Crippen molar-refractivity contribution in [3.05, 3.63) is 107 Å². The molecule has 0 bridgehead atoms. The monoisotopic (exact) mass is 398 g/mol. The number of carbonyl (C=O) groups is 1. The minimum atomic E-state index is -0.985. The average Bonchev–Trinajstić information content (AvgIpc) is 3.26. The van der Waals surface area contributed by atoms with Gasteiger partial charge in [-0.2, -0.15) is 5.10 Å². The van der Waals surface area contributed by atoms with E-state index >= 15 is 0 Å². The summed E-state index contributed by atoms with van der Waals surface area (Å²) in [7, 11) is 1.67. The Balaban J connectivity index is 1.79. The summed E-state index contributed by atoms with van der Waals surface area (Å²) >= 11 is 0. The lowest BCUT2D eigenvalue weighted by molar-refractivity contribution is -0.131.